The lowest BCUT2D eigenvalue weighted by Gasteiger charge is -2.22. The van der Waals surface area contributed by atoms with E-state index in [0.717, 1.165) is 19.5 Å². The van der Waals surface area contributed by atoms with Crippen molar-refractivity contribution in [2.75, 3.05) is 13.1 Å². The monoisotopic (exact) mass is 169 g/mol. The van der Waals surface area contributed by atoms with Crippen LogP contribution in [0.1, 0.15) is 33.1 Å². The molecule has 1 atom stereocenters. The first-order valence-corrected chi connectivity index (χ1v) is 4.49. The molecule has 2 N–H and O–H groups in total. The van der Waals surface area contributed by atoms with E-state index in [0.29, 0.717) is 12.8 Å². The van der Waals surface area contributed by atoms with Gasteiger partial charge in [-0.05, 0) is 32.9 Å². The van der Waals surface area contributed by atoms with E-state index in [1.54, 1.807) is 0 Å². The summed E-state index contributed by atoms with van der Waals surface area (Å²) in [5, 5.41) is 12.9. The van der Waals surface area contributed by atoms with Gasteiger partial charge in [-0.2, -0.15) is 0 Å². The molecule has 0 saturated heterocycles. The number of hydrogen-bond donors (Lipinski definition) is 2. The Morgan fingerprint density at radius 1 is 1.50 bits per heavy atom. The van der Waals surface area contributed by atoms with Crippen molar-refractivity contribution in [2.45, 2.75) is 38.7 Å². The molecule has 70 valence electrons. The third-order valence-corrected chi connectivity index (χ3v) is 1.90. The Morgan fingerprint density at radius 2 is 2.17 bits per heavy atom. The van der Waals surface area contributed by atoms with Gasteiger partial charge in [0, 0.05) is 6.42 Å². The molecule has 2 nitrogen and oxygen atoms in total. The number of terminal acetylenes is 1. The van der Waals surface area contributed by atoms with Gasteiger partial charge in [0.25, 0.3) is 0 Å². The molecule has 0 amide bonds. The molecular formula is C10H19NO. The second-order valence-corrected chi connectivity index (χ2v) is 3.30. The first-order valence-electron chi connectivity index (χ1n) is 4.49. The van der Waals surface area contributed by atoms with E-state index in [1.165, 1.54) is 0 Å². The largest absolute Gasteiger partial charge is 0.390 e. The van der Waals surface area contributed by atoms with Crippen LogP contribution in [0.25, 0.3) is 0 Å². The predicted molar refractivity (Wildman–Crippen MR) is 51.9 cm³/mol. The van der Waals surface area contributed by atoms with Crippen LogP contribution in [0.3, 0.4) is 0 Å². The molecule has 0 radical (unpaired) electrons. The van der Waals surface area contributed by atoms with Crippen LogP contribution in [0.2, 0.25) is 0 Å². The highest BCUT2D eigenvalue weighted by molar-refractivity contribution is 4.87. The van der Waals surface area contributed by atoms with E-state index >= 15 is 0 Å². The number of nitrogens with one attached hydrogen (secondary N) is 1. The van der Waals surface area contributed by atoms with Crippen LogP contribution >= 0.6 is 0 Å². The minimum Gasteiger partial charge on any atom is -0.390 e. The van der Waals surface area contributed by atoms with Crippen molar-refractivity contribution in [3.8, 4) is 12.3 Å². The minimum absolute atomic E-state index is 0.603. The van der Waals surface area contributed by atoms with Gasteiger partial charge in [-0.1, -0.05) is 6.92 Å². The van der Waals surface area contributed by atoms with E-state index in [2.05, 4.69) is 18.2 Å². The van der Waals surface area contributed by atoms with Crippen molar-refractivity contribution >= 4 is 0 Å². The van der Waals surface area contributed by atoms with E-state index < -0.39 is 5.60 Å². The van der Waals surface area contributed by atoms with Crippen LogP contribution < -0.4 is 5.32 Å². The fraction of sp³-hybridized carbons (Fsp3) is 0.800. The third kappa shape index (κ3) is 6.21. The second kappa shape index (κ2) is 6.05. The van der Waals surface area contributed by atoms with E-state index in [9.17, 15) is 5.11 Å². The molecule has 0 aromatic rings. The van der Waals surface area contributed by atoms with Gasteiger partial charge in [0.2, 0.25) is 0 Å². The summed E-state index contributed by atoms with van der Waals surface area (Å²) in [6.45, 7) is 5.69. The highest BCUT2D eigenvalue weighted by Crippen LogP contribution is 2.15. The molecule has 0 fully saturated rings. The molecule has 0 aromatic carbocycles. The van der Waals surface area contributed by atoms with Crippen LogP contribution in [0.5, 0.6) is 0 Å². The maximum atomic E-state index is 9.74. The van der Waals surface area contributed by atoms with Crippen LogP contribution in [-0.2, 0) is 0 Å². The lowest BCUT2D eigenvalue weighted by Crippen LogP contribution is -2.29. The zero-order valence-electron chi connectivity index (χ0n) is 8.06. The summed E-state index contributed by atoms with van der Waals surface area (Å²) in [4.78, 5) is 0. The summed E-state index contributed by atoms with van der Waals surface area (Å²) in [7, 11) is 0. The van der Waals surface area contributed by atoms with Gasteiger partial charge in [0.05, 0.1) is 5.60 Å². The molecular weight excluding hydrogens is 150 g/mol. The summed E-state index contributed by atoms with van der Waals surface area (Å²) in [6, 6.07) is 0. The van der Waals surface area contributed by atoms with E-state index in [-0.39, 0.29) is 0 Å². The molecule has 0 spiro atoms. The summed E-state index contributed by atoms with van der Waals surface area (Å²) in [5.74, 6) is 2.53. The Balaban J connectivity index is 3.50. The Bertz CT molecular complexity index is 146. The molecule has 0 bridgehead atoms. The Labute approximate surface area is 75.4 Å². The maximum absolute atomic E-state index is 9.74. The predicted octanol–water partition coefficient (Wildman–Crippen LogP) is 1.15. The first-order chi connectivity index (χ1) is 5.62. The van der Waals surface area contributed by atoms with E-state index in [4.69, 9.17) is 6.42 Å². The molecule has 0 aromatic heterocycles. The number of hydrogen-bond acceptors (Lipinski definition) is 2. The fourth-order valence-electron chi connectivity index (χ4n) is 1.00. The van der Waals surface area contributed by atoms with E-state index in [1.807, 2.05) is 6.92 Å². The van der Waals surface area contributed by atoms with Gasteiger partial charge in [-0.15, -0.1) is 12.3 Å². The summed E-state index contributed by atoms with van der Waals surface area (Å²) < 4.78 is 0. The lowest BCUT2D eigenvalue weighted by atomic mass is 9.96. The van der Waals surface area contributed by atoms with Crippen molar-refractivity contribution in [1.29, 1.82) is 0 Å². The van der Waals surface area contributed by atoms with Crippen molar-refractivity contribution in [1.82, 2.24) is 5.32 Å². The Kier molecular flexibility index (Phi) is 5.79. The zero-order chi connectivity index (χ0) is 9.45. The van der Waals surface area contributed by atoms with Crippen LogP contribution in [0.15, 0.2) is 0 Å². The van der Waals surface area contributed by atoms with Gasteiger partial charge in [0.1, 0.15) is 0 Å². The van der Waals surface area contributed by atoms with Gasteiger partial charge in [-0.25, -0.2) is 0 Å². The highest BCUT2D eigenvalue weighted by atomic mass is 16.3. The van der Waals surface area contributed by atoms with Crippen LogP contribution in [0.4, 0.5) is 0 Å². The Hall–Kier alpha value is -0.520. The van der Waals surface area contributed by atoms with Crippen LogP contribution in [0, 0.1) is 12.3 Å². The summed E-state index contributed by atoms with van der Waals surface area (Å²) in [5.41, 5.74) is -0.603. The average Bonchev–Trinajstić information content (AvgIpc) is 2.01. The molecule has 12 heavy (non-hydrogen) atoms. The fourth-order valence-corrected chi connectivity index (χ4v) is 1.00. The molecule has 1 unspecified atom stereocenters. The van der Waals surface area contributed by atoms with Crippen molar-refractivity contribution in [2.24, 2.45) is 0 Å². The molecule has 0 saturated carbocycles. The second-order valence-electron chi connectivity index (χ2n) is 3.30. The minimum atomic E-state index is -0.603. The zero-order valence-corrected chi connectivity index (χ0v) is 8.06. The molecule has 0 aliphatic heterocycles. The summed E-state index contributed by atoms with van der Waals surface area (Å²) in [6.07, 6.45) is 7.22. The molecule has 2 heteroatoms. The van der Waals surface area contributed by atoms with Crippen molar-refractivity contribution in [3.63, 3.8) is 0 Å². The average molecular weight is 169 g/mol. The summed E-state index contributed by atoms with van der Waals surface area (Å²) >= 11 is 0. The van der Waals surface area contributed by atoms with Gasteiger partial charge >= 0.3 is 0 Å². The quantitative estimate of drug-likeness (QED) is 0.462. The number of rotatable bonds is 6. The first kappa shape index (κ1) is 11.5. The lowest BCUT2D eigenvalue weighted by molar-refractivity contribution is 0.0440. The van der Waals surface area contributed by atoms with Crippen molar-refractivity contribution in [3.05, 3.63) is 0 Å². The Morgan fingerprint density at radius 3 is 2.67 bits per heavy atom. The molecule has 0 heterocycles. The van der Waals surface area contributed by atoms with Gasteiger partial charge < -0.3 is 10.4 Å². The third-order valence-electron chi connectivity index (χ3n) is 1.90. The highest BCUT2D eigenvalue weighted by Gasteiger charge is 2.18. The molecule has 0 rings (SSSR count). The maximum Gasteiger partial charge on any atom is 0.0641 e. The standard InChI is InChI=1S/C10H19NO/c1-4-6-7-10(3,12)8-9-11-5-2/h1,11-12H,5-9H2,2-3H3. The normalized spacial score (nSPS) is 15.2. The molecule has 0 aliphatic rings. The molecule has 0 aliphatic carbocycles. The SMILES string of the molecule is C#CCCC(C)(O)CCNCC. The van der Waals surface area contributed by atoms with Crippen LogP contribution in [-0.4, -0.2) is 23.8 Å². The smallest absolute Gasteiger partial charge is 0.0641 e. The van der Waals surface area contributed by atoms with Gasteiger partial charge in [0.15, 0.2) is 0 Å². The van der Waals surface area contributed by atoms with Gasteiger partial charge in [-0.3, -0.25) is 0 Å². The number of aliphatic hydroxyl groups is 1. The van der Waals surface area contributed by atoms with Crippen molar-refractivity contribution < 1.29 is 5.11 Å². The topological polar surface area (TPSA) is 32.3 Å².